The molecule has 0 aromatic carbocycles. The zero-order chi connectivity index (χ0) is 21.6. The van der Waals surface area contributed by atoms with Crippen molar-refractivity contribution in [3.63, 3.8) is 0 Å². The van der Waals surface area contributed by atoms with Gasteiger partial charge in [0.25, 0.3) is 0 Å². The van der Waals surface area contributed by atoms with E-state index in [1.165, 1.54) is 5.57 Å². The van der Waals surface area contributed by atoms with Crippen molar-refractivity contribution in [1.29, 1.82) is 0 Å². The first-order valence-corrected chi connectivity index (χ1v) is 11.2. The minimum atomic E-state index is -0.790. The molecule has 0 amide bonds. The standard InChI is InChI=1S/C24H38O5/c1-5-16(3)24(28)29-22-13-15(2)12-18-7-6-17(4)21(23(18)22)9-8-19(26)14-20(27)10-11-25/h6-7,11-12,15-17,19-23,26-27H,5,8-10,13-14H2,1-4H3/t15-,16-,17-,19+,20-,21-,22-,23-/m0/s1. The average molecular weight is 407 g/mol. The molecule has 0 aliphatic heterocycles. The summed E-state index contributed by atoms with van der Waals surface area (Å²) in [6.07, 6.45) is 9.01. The summed E-state index contributed by atoms with van der Waals surface area (Å²) >= 11 is 0. The minimum Gasteiger partial charge on any atom is -0.461 e. The molecule has 0 unspecified atom stereocenters. The second-order valence-corrected chi connectivity index (χ2v) is 9.10. The van der Waals surface area contributed by atoms with Gasteiger partial charge in [-0.05, 0) is 55.4 Å². The van der Waals surface area contributed by atoms with Crippen LogP contribution in [-0.2, 0) is 14.3 Å². The molecule has 164 valence electrons. The predicted octanol–water partition coefficient (Wildman–Crippen LogP) is 3.83. The summed E-state index contributed by atoms with van der Waals surface area (Å²) in [7, 11) is 0. The Kier molecular flexibility index (Phi) is 9.09. The second kappa shape index (κ2) is 11.1. The van der Waals surface area contributed by atoms with E-state index in [0.29, 0.717) is 24.5 Å². The summed E-state index contributed by atoms with van der Waals surface area (Å²) in [6, 6.07) is 0. The molecule has 0 aromatic heterocycles. The van der Waals surface area contributed by atoms with Gasteiger partial charge in [0.05, 0.1) is 18.1 Å². The van der Waals surface area contributed by atoms with Crippen molar-refractivity contribution in [2.75, 3.05) is 0 Å². The summed E-state index contributed by atoms with van der Waals surface area (Å²) in [6.45, 7) is 8.24. The molecule has 29 heavy (non-hydrogen) atoms. The highest BCUT2D eigenvalue weighted by Gasteiger charge is 2.41. The van der Waals surface area contributed by atoms with Gasteiger partial charge < -0.3 is 19.7 Å². The van der Waals surface area contributed by atoms with Crippen molar-refractivity contribution >= 4 is 12.3 Å². The first-order valence-electron chi connectivity index (χ1n) is 11.2. The maximum Gasteiger partial charge on any atom is 0.308 e. The van der Waals surface area contributed by atoms with Crippen molar-refractivity contribution in [1.82, 2.24) is 0 Å². The first-order chi connectivity index (χ1) is 13.8. The van der Waals surface area contributed by atoms with Crippen molar-refractivity contribution in [3.8, 4) is 0 Å². The molecule has 2 N–H and O–H groups in total. The van der Waals surface area contributed by atoms with Gasteiger partial charge in [0.1, 0.15) is 12.4 Å². The van der Waals surface area contributed by atoms with E-state index in [-0.39, 0.29) is 42.7 Å². The molecule has 2 rings (SSSR count). The number of rotatable bonds is 10. The number of aliphatic hydroxyl groups excluding tert-OH is 2. The topological polar surface area (TPSA) is 83.8 Å². The van der Waals surface area contributed by atoms with E-state index in [2.05, 4.69) is 32.1 Å². The highest BCUT2D eigenvalue weighted by molar-refractivity contribution is 5.72. The maximum atomic E-state index is 12.5. The summed E-state index contributed by atoms with van der Waals surface area (Å²) in [5.41, 5.74) is 1.24. The van der Waals surface area contributed by atoms with Crippen molar-refractivity contribution in [2.24, 2.45) is 29.6 Å². The van der Waals surface area contributed by atoms with Gasteiger partial charge in [-0.2, -0.15) is 0 Å². The van der Waals surface area contributed by atoms with Crippen LogP contribution in [0.3, 0.4) is 0 Å². The first kappa shape index (κ1) is 23.8. The number of hydrogen-bond donors (Lipinski definition) is 2. The molecule has 8 atom stereocenters. The number of ether oxygens (including phenoxy) is 1. The Morgan fingerprint density at radius 3 is 2.69 bits per heavy atom. The summed E-state index contributed by atoms with van der Waals surface area (Å²) in [5, 5.41) is 20.1. The molecular formula is C24H38O5. The molecule has 0 bridgehead atoms. The number of esters is 1. The van der Waals surface area contributed by atoms with Crippen molar-refractivity contribution in [2.45, 2.75) is 84.5 Å². The van der Waals surface area contributed by atoms with Gasteiger partial charge in [0.2, 0.25) is 0 Å². The number of hydrogen-bond acceptors (Lipinski definition) is 5. The molecule has 0 spiro atoms. The Morgan fingerprint density at radius 2 is 2.03 bits per heavy atom. The molecule has 0 saturated carbocycles. The number of carbonyl (C=O) groups excluding carboxylic acids is 2. The molecule has 0 fully saturated rings. The van der Waals surface area contributed by atoms with Gasteiger partial charge in [-0.3, -0.25) is 4.79 Å². The third-order valence-corrected chi connectivity index (χ3v) is 6.62. The van der Waals surface area contributed by atoms with Crippen LogP contribution < -0.4 is 0 Å². The number of aldehydes is 1. The van der Waals surface area contributed by atoms with Gasteiger partial charge in [-0.15, -0.1) is 0 Å². The Bertz CT molecular complexity index is 610. The lowest BCUT2D eigenvalue weighted by atomic mass is 9.65. The van der Waals surface area contributed by atoms with E-state index in [1.807, 2.05) is 13.8 Å². The average Bonchev–Trinajstić information content (AvgIpc) is 2.66. The maximum absolute atomic E-state index is 12.5. The number of fused-ring (bicyclic) bond motifs is 1. The summed E-state index contributed by atoms with van der Waals surface area (Å²) < 4.78 is 6.01. The number of aliphatic hydroxyl groups is 2. The minimum absolute atomic E-state index is 0.0562. The third kappa shape index (κ3) is 6.51. The largest absolute Gasteiger partial charge is 0.461 e. The van der Waals surface area contributed by atoms with Gasteiger partial charge >= 0.3 is 5.97 Å². The quantitative estimate of drug-likeness (QED) is 0.425. The SMILES string of the molecule is CC[C@H](C)C(=O)O[C@H]1C[C@@H](C)C=C2C=C[C@H](C)[C@H](CC[C@@H](O)C[C@@H](O)CC=O)[C@H]21. The van der Waals surface area contributed by atoms with Gasteiger partial charge in [-0.25, -0.2) is 0 Å². The monoisotopic (exact) mass is 406 g/mol. The highest BCUT2D eigenvalue weighted by Crippen LogP contribution is 2.45. The lowest BCUT2D eigenvalue weighted by molar-refractivity contribution is -0.158. The van der Waals surface area contributed by atoms with Crippen LogP contribution in [0.4, 0.5) is 0 Å². The Labute approximate surface area is 175 Å². The fraction of sp³-hybridized carbons (Fsp3) is 0.750. The van der Waals surface area contributed by atoms with Crippen LogP contribution in [0.2, 0.25) is 0 Å². The van der Waals surface area contributed by atoms with Crippen LogP contribution >= 0.6 is 0 Å². The second-order valence-electron chi connectivity index (χ2n) is 9.10. The van der Waals surface area contributed by atoms with Crippen LogP contribution in [0.1, 0.15) is 66.2 Å². The molecule has 2 aliphatic rings. The lowest BCUT2D eigenvalue weighted by Gasteiger charge is -2.43. The van der Waals surface area contributed by atoms with Gasteiger partial charge in [0.15, 0.2) is 0 Å². The molecule has 0 radical (unpaired) electrons. The fourth-order valence-electron chi connectivity index (χ4n) is 4.68. The predicted molar refractivity (Wildman–Crippen MR) is 113 cm³/mol. The summed E-state index contributed by atoms with van der Waals surface area (Å²) in [5.74, 6) is 0.874. The molecule has 5 nitrogen and oxygen atoms in total. The lowest BCUT2D eigenvalue weighted by Crippen LogP contribution is -2.41. The smallest absolute Gasteiger partial charge is 0.308 e. The van der Waals surface area contributed by atoms with Gasteiger partial charge in [0, 0.05) is 12.3 Å². The van der Waals surface area contributed by atoms with E-state index in [0.717, 1.165) is 19.3 Å². The molecule has 2 aliphatic carbocycles. The highest BCUT2D eigenvalue weighted by atomic mass is 16.5. The molecule has 0 heterocycles. The molecule has 0 saturated heterocycles. The number of allylic oxidation sites excluding steroid dienone is 3. The Morgan fingerprint density at radius 1 is 1.31 bits per heavy atom. The Hall–Kier alpha value is -1.46. The fourth-order valence-corrected chi connectivity index (χ4v) is 4.68. The van der Waals surface area contributed by atoms with E-state index >= 15 is 0 Å². The van der Waals surface area contributed by atoms with Crippen LogP contribution in [-0.4, -0.2) is 40.8 Å². The zero-order valence-electron chi connectivity index (χ0n) is 18.3. The zero-order valence-corrected chi connectivity index (χ0v) is 18.3. The van der Waals surface area contributed by atoms with E-state index < -0.39 is 12.2 Å². The third-order valence-electron chi connectivity index (χ3n) is 6.62. The van der Waals surface area contributed by atoms with Crippen LogP contribution in [0.15, 0.2) is 23.8 Å². The number of carbonyl (C=O) groups is 2. The van der Waals surface area contributed by atoms with Crippen molar-refractivity contribution < 1.29 is 24.5 Å². The van der Waals surface area contributed by atoms with Crippen LogP contribution in [0.5, 0.6) is 0 Å². The van der Waals surface area contributed by atoms with Crippen molar-refractivity contribution in [3.05, 3.63) is 23.8 Å². The van der Waals surface area contributed by atoms with Gasteiger partial charge in [-0.1, -0.05) is 45.9 Å². The Balaban J connectivity index is 2.11. The summed E-state index contributed by atoms with van der Waals surface area (Å²) in [4.78, 5) is 23.0. The van der Waals surface area contributed by atoms with E-state index in [4.69, 9.17) is 4.74 Å². The molecule has 0 aromatic rings. The normalized spacial score (nSPS) is 31.9. The van der Waals surface area contributed by atoms with Crippen LogP contribution in [0.25, 0.3) is 0 Å². The van der Waals surface area contributed by atoms with E-state index in [1.54, 1.807) is 0 Å². The molecule has 5 heteroatoms. The molecular weight excluding hydrogens is 368 g/mol. The van der Waals surface area contributed by atoms with Crippen LogP contribution in [0, 0.1) is 29.6 Å². The van der Waals surface area contributed by atoms with E-state index in [9.17, 15) is 19.8 Å².